The van der Waals surface area contributed by atoms with Crippen LogP contribution in [0.15, 0.2) is 6.07 Å². The molecule has 7 heteroatoms. The van der Waals surface area contributed by atoms with Gasteiger partial charge in [-0.05, 0) is 33.2 Å². The molecule has 1 aliphatic heterocycles. The maximum Gasteiger partial charge on any atom is 0.254 e. The molecule has 2 N–H and O–H groups in total. The molecule has 0 radical (unpaired) electrons. The second-order valence-electron chi connectivity index (χ2n) is 6.38. The summed E-state index contributed by atoms with van der Waals surface area (Å²) in [5, 5.41) is 6.48. The SMILES string of the molecule is CNc1cc(CN(C)C(=O)C(C)(C)OC)nc([C@@H]2CCCN2)n1. The average Bonchev–Trinajstić information content (AvgIpc) is 3.08. The number of rotatable bonds is 6. The van der Waals surface area contributed by atoms with Gasteiger partial charge in [0.15, 0.2) is 0 Å². The van der Waals surface area contributed by atoms with Crippen molar-refractivity contribution < 1.29 is 9.53 Å². The summed E-state index contributed by atoms with van der Waals surface area (Å²) in [5.74, 6) is 1.48. The maximum atomic E-state index is 12.4. The Morgan fingerprint density at radius 2 is 2.26 bits per heavy atom. The number of likely N-dealkylation sites (N-methyl/N-ethyl adjacent to an activating group) is 1. The highest BCUT2D eigenvalue weighted by atomic mass is 16.5. The van der Waals surface area contributed by atoms with Crippen LogP contribution in [0.3, 0.4) is 0 Å². The second kappa shape index (κ2) is 7.23. The third kappa shape index (κ3) is 4.17. The first-order chi connectivity index (χ1) is 10.9. The van der Waals surface area contributed by atoms with E-state index in [1.807, 2.05) is 13.1 Å². The summed E-state index contributed by atoms with van der Waals surface area (Å²) >= 11 is 0. The lowest BCUT2D eigenvalue weighted by molar-refractivity contribution is -0.150. The lowest BCUT2D eigenvalue weighted by Crippen LogP contribution is -2.44. The monoisotopic (exact) mass is 321 g/mol. The molecule has 7 nitrogen and oxygen atoms in total. The number of carbonyl (C=O) groups excluding carboxylic acids is 1. The van der Waals surface area contributed by atoms with Crippen molar-refractivity contribution in [1.82, 2.24) is 20.2 Å². The summed E-state index contributed by atoms with van der Waals surface area (Å²) in [5.41, 5.74) is -0.0282. The zero-order chi connectivity index (χ0) is 17.0. The Morgan fingerprint density at radius 1 is 1.52 bits per heavy atom. The standard InChI is InChI=1S/C16H27N5O2/c1-16(2,23-5)15(22)21(4)10-11-9-13(17-3)20-14(19-11)12-7-6-8-18-12/h9,12,18H,6-8,10H2,1-5H3,(H,17,19,20)/t12-/m0/s1. The van der Waals surface area contributed by atoms with Crippen LogP contribution in [0.5, 0.6) is 0 Å². The molecule has 1 aliphatic rings. The molecule has 1 aromatic heterocycles. The van der Waals surface area contributed by atoms with E-state index in [4.69, 9.17) is 4.74 Å². The van der Waals surface area contributed by atoms with Gasteiger partial charge < -0.3 is 20.3 Å². The van der Waals surface area contributed by atoms with Crippen LogP contribution in [0.25, 0.3) is 0 Å². The first-order valence-corrected chi connectivity index (χ1v) is 7.97. The molecule has 1 fully saturated rings. The minimum atomic E-state index is -0.844. The van der Waals surface area contributed by atoms with Gasteiger partial charge in [0, 0.05) is 27.3 Å². The van der Waals surface area contributed by atoms with Crippen LogP contribution in [0.2, 0.25) is 0 Å². The predicted molar refractivity (Wildman–Crippen MR) is 89.1 cm³/mol. The number of hydrogen-bond acceptors (Lipinski definition) is 6. The van der Waals surface area contributed by atoms with Crippen LogP contribution >= 0.6 is 0 Å². The number of amides is 1. The van der Waals surface area contributed by atoms with Crippen molar-refractivity contribution in [3.8, 4) is 0 Å². The van der Waals surface area contributed by atoms with Gasteiger partial charge in [-0.2, -0.15) is 0 Å². The fourth-order valence-electron chi connectivity index (χ4n) is 2.65. The molecule has 128 valence electrons. The van der Waals surface area contributed by atoms with E-state index < -0.39 is 5.60 Å². The van der Waals surface area contributed by atoms with Crippen LogP contribution in [-0.2, 0) is 16.1 Å². The van der Waals surface area contributed by atoms with Crippen LogP contribution < -0.4 is 10.6 Å². The minimum Gasteiger partial charge on any atom is -0.373 e. The number of nitrogens with zero attached hydrogens (tertiary/aromatic N) is 3. The van der Waals surface area contributed by atoms with E-state index in [0.717, 1.165) is 36.7 Å². The molecular weight excluding hydrogens is 294 g/mol. The van der Waals surface area contributed by atoms with E-state index in [0.29, 0.717) is 6.54 Å². The zero-order valence-electron chi connectivity index (χ0n) is 14.6. The minimum absolute atomic E-state index is 0.0786. The van der Waals surface area contributed by atoms with Crippen LogP contribution in [0.4, 0.5) is 5.82 Å². The third-order valence-electron chi connectivity index (χ3n) is 4.20. The number of hydrogen-bond donors (Lipinski definition) is 2. The summed E-state index contributed by atoms with van der Waals surface area (Å²) in [4.78, 5) is 23.2. The summed E-state index contributed by atoms with van der Waals surface area (Å²) in [6, 6.07) is 2.07. The van der Waals surface area contributed by atoms with Crippen LogP contribution in [0, 0.1) is 0 Å². The van der Waals surface area contributed by atoms with E-state index in [9.17, 15) is 4.79 Å². The molecule has 0 aliphatic carbocycles. The highest BCUT2D eigenvalue weighted by Crippen LogP contribution is 2.22. The van der Waals surface area contributed by atoms with Gasteiger partial charge in [0.05, 0.1) is 18.3 Å². The van der Waals surface area contributed by atoms with Gasteiger partial charge in [0.2, 0.25) is 0 Å². The van der Waals surface area contributed by atoms with Crippen molar-refractivity contribution in [1.29, 1.82) is 0 Å². The van der Waals surface area contributed by atoms with E-state index in [1.165, 1.54) is 0 Å². The van der Waals surface area contributed by atoms with E-state index in [1.54, 1.807) is 32.9 Å². The summed E-state index contributed by atoms with van der Waals surface area (Å²) in [6.45, 7) is 4.94. The average molecular weight is 321 g/mol. The maximum absolute atomic E-state index is 12.4. The normalized spacial score (nSPS) is 18.0. The highest BCUT2D eigenvalue weighted by Gasteiger charge is 2.30. The number of aromatic nitrogens is 2. The fraction of sp³-hybridized carbons (Fsp3) is 0.688. The number of methoxy groups -OCH3 is 1. The van der Waals surface area contributed by atoms with Crippen LogP contribution in [0.1, 0.15) is 44.2 Å². The molecule has 0 aromatic carbocycles. The smallest absolute Gasteiger partial charge is 0.254 e. The molecule has 1 atom stereocenters. The van der Waals surface area contributed by atoms with Gasteiger partial charge in [0.25, 0.3) is 5.91 Å². The number of carbonyl (C=O) groups is 1. The summed E-state index contributed by atoms with van der Waals surface area (Å²) in [6.07, 6.45) is 2.17. The van der Waals surface area contributed by atoms with E-state index >= 15 is 0 Å². The molecule has 0 unspecified atom stereocenters. The van der Waals surface area contributed by atoms with Gasteiger partial charge in [-0.25, -0.2) is 9.97 Å². The van der Waals surface area contributed by atoms with Crippen molar-refractivity contribution in [2.45, 2.75) is 44.9 Å². The van der Waals surface area contributed by atoms with Crippen molar-refractivity contribution in [3.05, 3.63) is 17.6 Å². The number of nitrogens with one attached hydrogen (secondary N) is 2. The van der Waals surface area contributed by atoms with E-state index in [2.05, 4.69) is 20.6 Å². The Hall–Kier alpha value is -1.73. The van der Waals surface area contributed by atoms with Gasteiger partial charge in [-0.15, -0.1) is 0 Å². The Balaban J connectivity index is 2.18. The molecule has 0 saturated carbocycles. The van der Waals surface area contributed by atoms with Crippen molar-refractivity contribution >= 4 is 11.7 Å². The third-order valence-corrected chi connectivity index (χ3v) is 4.20. The Morgan fingerprint density at radius 3 is 2.83 bits per heavy atom. The number of anilines is 1. The molecule has 1 amide bonds. The van der Waals surface area contributed by atoms with Gasteiger partial charge in [-0.1, -0.05) is 0 Å². The zero-order valence-corrected chi connectivity index (χ0v) is 14.6. The lowest BCUT2D eigenvalue weighted by Gasteiger charge is -2.28. The summed E-state index contributed by atoms with van der Waals surface area (Å²) < 4.78 is 5.26. The Labute approximate surface area is 137 Å². The second-order valence-corrected chi connectivity index (χ2v) is 6.38. The lowest BCUT2D eigenvalue weighted by atomic mass is 10.1. The Bertz CT molecular complexity index is 555. The predicted octanol–water partition coefficient (Wildman–Crippen LogP) is 1.33. The molecule has 2 heterocycles. The van der Waals surface area contributed by atoms with Crippen molar-refractivity contribution in [3.63, 3.8) is 0 Å². The quantitative estimate of drug-likeness (QED) is 0.823. The molecular formula is C16H27N5O2. The topological polar surface area (TPSA) is 79.4 Å². The largest absolute Gasteiger partial charge is 0.373 e. The first-order valence-electron chi connectivity index (χ1n) is 7.97. The fourth-order valence-corrected chi connectivity index (χ4v) is 2.65. The molecule has 1 saturated heterocycles. The highest BCUT2D eigenvalue weighted by molar-refractivity contribution is 5.84. The van der Waals surface area contributed by atoms with Gasteiger partial charge in [-0.3, -0.25) is 4.79 Å². The van der Waals surface area contributed by atoms with Gasteiger partial charge >= 0.3 is 0 Å². The first kappa shape index (κ1) is 17.6. The van der Waals surface area contributed by atoms with Gasteiger partial charge in [0.1, 0.15) is 17.2 Å². The van der Waals surface area contributed by atoms with Crippen molar-refractivity contribution in [2.75, 3.05) is 33.1 Å². The molecule has 2 rings (SSSR count). The molecule has 1 aromatic rings. The molecule has 23 heavy (non-hydrogen) atoms. The van der Waals surface area contributed by atoms with E-state index in [-0.39, 0.29) is 11.9 Å². The number of ether oxygens (including phenoxy) is 1. The molecule has 0 bridgehead atoms. The van der Waals surface area contributed by atoms with Crippen molar-refractivity contribution in [2.24, 2.45) is 0 Å². The summed E-state index contributed by atoms with van der Waals surface area (Å²) in [7, 11) is 5.14. The van der Waals surface area contributed by atoms with Crippen LogP contribution in [-0.4, -0.2) is 54.1 Å². The molecule has 0 spiro atoms. The Kier molecular flexibility index (Phi) is 5.54.